The van der Waals surface area contributed by atoms with E-state index in [0.29, 0.717) is 18.1 Å². The van der Waals surface area contributed by atoms with Crippen molar-refractivity contribution < 1.29 is 9.90 Å². The summed E-state index contributed by atoms with van der Waals surface area (Å²) in [5.41, 5.74) is 2.61. The van der Waals surface area contributed by atoms with Crippen LogP contribution in [0.5, 0.6) is 0 Å². The van der Waals surface area contributed by atoms with Gasteiger partial charge in [-0.2, -0.15) is 0 Å². The third kappa shape index (κ3) is 2.86. The van der Waals surface area contributed by atoms with Crippen LogP contribution in [0.25, 0.3) is 11.0 Å². The number of aryl methyl sites for hydroxylation is 1. The van der Waals surface area contributed by atoms with Gasteiger partial charge in [-0.25, -0.2) is 4.98 Å². The maximum atomic E-state index is 12.3. The van der Waals surface area contributed by atoms with Gasteiger partial charge in [0, 0.05) is 24.7 Å². The van der Waals surface area contributed by atoms with Crippen LogP contribution in [0.2, 0.25) is 0 Å². The summed E-state index contributed by atoms with van der Waals surface area (Å²) in [6.45, 7) is 3.03. The van der Waals surface area contributed by atoms with Crippen LogP contribution in [-0.4, -0.2) is 44.2 Å². The molecule has 1 aromatic heterocycles. The van der Waals surface area contributed by atoms with E-state index < -0.39 is 11.4 Å². The zero-order chi connectivity index (χ0) is 21.2. The Morgan fingerprint density at radius 2 is 1.71 bits per heavy atom. The van der Waals surface area contributed by atoms with Crippen LogP contribution in [0.1, 0.15) is 49.5 Å². The van der Waals surface area contributed by atoms with E-state index >= 15 is 0 Å². The van der Waals surface area contributed by atoms with Crippen molar-refractivity contribution in [2.24, 2.45) is 5.92 Å². The number of hydrogen-bond acceptors (Lipinski definition) is 3. The smallest absolute Gasteiger partial charge is 0.314 e. The highest BCUT2D eigenvalue weighted by Gasteiger charge is 2.62. The highest BCUT2D eigenvalue weighted by Crippen LogP contribution is 2.56. The predicted octanol–water partition coefficient (Wildman–Crippen LogP) is 4.56. The predicted molar refractivity (Wildman–Crippen MR) is 120 cm³/mol. The van der Waals surface area contributed by atoms with Crippen molar-refractivity contribution in [3.8, 4) is 0 Å². The zero-order valence-electron chi connectivity index (χ0n) is 17.9. The SMILES string of the molecule is Cc1nc2ccccc2n1C1CC2CCC(C1)N2C[C@@H]1C[C@@]1(C(=O)O)c1ccccc1. The quantitative estimate of drug-likeness (QED) is 0.664. The lowest BCUT2D eigenvalue weighted by Crippen LogP contribution is -2.45. The number of para-hydroxylation sites is 2. The number of benzene rings is 2. The molecule has 0 amide bonds. The monoisotopic (exact) mass is 415 g/mol. The fourth-order valence-corrected chi connectivity index (χ4v) is 6.66. The van der Waals surface area contributed by atoms with E-state index in [1.54, 1.807) is 0 Å². The molecule has 0 radical (unpaired) electrons. The van der Waals surface area contributed by atoms with Gasteiger partial charge in [-0.3, -0.25) is 9.69 Å². The minimum Gasteiger partial charge on any atom is -0.481 e. The lowest BCUT2D eigenvalue weighted by atomic mass is 9.91. The van der Waals surface area contributed by atoms with Crippen LogP contribution in [0.4, 0.5) is 0 Å². The second-order valence-electron chi connectivity index (χ2n) is 9.77. The number of carboxylic acid groups (broad SMARTS) is 1. The van der Waals surface area contributed by atoms with E-state index in [1.807, 2.05) is 30.3 Å². The van der Waals surface area contributed by atoms with Crippen LogP contribution >= 0.6 is 0 Å². The molecule has 0 spiro atoms. The molecule has 3 aliphatic rings. The molecule has 4 atom stereocenters. The number of fused-ring (bicyclic) bond motifs is 3. The second-order valence-corrected chi connectivity index (χ2v) is 9.77. The van der Waals surface area contributed by atoms with Gasteiger partial charge in [0.1, 0.15) is 5.82 Å². The number of piperidine rings is 1. The molecule has 2 aromatic carbocycles. The number of imidazole rings is 1. The van der Waals surface area contributed by atoms with E-state index in [4.69, 9.17) is 4.98 Å². The van der Waals surface area contributed by atoms with E-state index in [9.17, 15) is 9.90 Å². The molecule has 1 saturated carbocycles. The Hall–Kier alpha value is -2.66. The van der Waals surface area contributed by atoms with Crippen molar-refractivity contribution in [2.45, 2.75) is 62.6 Å². The van der Waals surface area contributed by atoms with E-state index in [0.717, 1.165) is 42.7 Å². The van der Waals surface area contributed by atoms with Crippen LogP contribution < -0.4 is 0 Å². The fraction of sp³-hybridized carbons (Fsp3) is 0.462. The first kappa shape index (κ1) is 19.1. The average molecular weight is 416 g/mol. The molecule has 3 aromatic rings. The first-order valence-electron chi connectivity index (χ1n) is 11.6. The Kier molecular flexibility index (Phi) is 4.26. The van der Waals surface area contributed by atoms with Gasteiger partial charge < -0.3 is 9.67 Å². The Labute approximate surface area is 182 Å². The summed E-state index contributed by atoms with van der Waals surface area (Å²) in [6.07, 6.45) is 5.48. The summed E-state index contributed by atoms with van der Waals surface area (Å²) in [5, 5.41) is 10.1. The molecular formula is C26H29N3O2. The highest BCUT2D eigenvalue weighted by atomic mass is 16.4. The molecule has 2 unspecified atom stereocenters. The number of carboxylic acids is 1. The molecule has 6 rings (SSSR count). The fourth-order valence-electron chi connectivity index (χ4n) is 6.66. The number of rotatable bonds is 5. The third-order valence-electron chi connectivity index (χ3n) is 8.20. The minimum atomic E-state index is -0.686. The van der Waals surface area contributed by atoms with Gasteiger partial charge in [0.15, 0.2) is 0 Å². The van der Waals surface area contributed by atoms with Crippen LogP contribution in [0, 0.1) is 12.8 Å². The van der Waals surface area contributed by atoms with Crippen molar-refractivity contribution >= 4 is 17.0 Å². The molecule has 5 nitrogen and oxygen atoms in total. The van der Waals surface area contributed by atoms with Gasteiger partial charge in [0.25, 0.3) is 0 Å². The summed E-state index contributed by atoms with van der Waals surface area (Å²) in [6, 6.07) is 19.9. The minimum absolute atomic E-state index is 0.211. The molecule has 160 valence electrons. The number of carbonyl (C=O) groups is 1. The largest absolute Gasteiger partial charge is 0.481 e. The van der Waals surface area contributed by atoms with Crippen molar-refractivity contribution in [3.63, 3.8) is 0 Å². The van der Waals surface area contributed by atoms with Gasteiger partial charge in [0.05, 0.1) is 16.4 Å². The summed E-state index contributed by atoms with van der Waals surface area (Å²) >= 11 is 0. The third-order valence-corrected chi connectivity index (χ3v) is 8.20. The Balaban J connectivity index is 1.22. The molecule has 1 N–H and O–H groups in total. The van der Waals surface area contributed by atoms with Crippen LogP contribution in [0.15, 0.2) is 54.6 Å². The van der Waals surface area contributed by atoms with Gasteiger partial charge in [-0.05, 0) is 62.6 Å². The molecule has 2 saturated heterocycles. The summed E-state index contributed by atoms with van der Waals surface area (Å²) in [4.78, 5) is 19.7. The normalized spacial score (nSPS) is 32.4. The van der Waals surface area contributed by atoms with E-state index in [2.05, 4.69) is 40.7 Å². The molecule has 1 aliphatic carbocycles. The van der Waals surface area contributed by atoms with Gasteiger partial charge in [-0.15, -0.1) is 0 Å². The standard InChI is InChI=1S/C26H29N3O2/c1-17-27-23-9-5-6-10-24(23)29(17)22-13-20-11-12-21(14-22)28(20)16-19-15-26(19,25(30)31)18-7-3-2-4-8-18/h2-10,19-22H,11-16H2,1H3,(H,30,31)/t19-,20?,21?,22?,26+/m0/s1. The van der Waals surface area contributed by atoms with E-state index in [1.165, 1.54) is 18.4 Å². The Morgan fingerprint density at radius 1 is 1.03 bits per heavy atom. The Morgan fingerprint density at radius 3 is 2.42 bits per heavy atom. The molecule has 31 heavy (non-hydrogen) atoms. The maximum Gasteiger partial charge on any atom is 0.314 e. The number of hydrogen-bond donors (Lipinski definition) is 1. The zero-order valence-corrected chi connectivity index (χ0v) is 17.9. The lowest BCUT2D eigenvalue weighted by molar-refractivity contribution is -0.140. The summed E-state index contributed by atoms with van der Waals surface area (Å²) < 4.78 is 2.46. The van der Waals surface area contributed by atoms with Gasteiger partial charge >= 0.3 is 5.97 Å². The van der Waals surface area contributed by atoms with Crippen molar-refractivity contribution in [1.29, 1.82) is 0 Å². The maximum absolute atomic E-state index is 12.3. The lowest BCUT2D eigenvalue weighted by Gasteiger charge is -2.40. The van der Waals surface area contributed by atoms with Gasteiger partial charge in [-0.1, -0.05) is 42.5 Å². The summed E-state index contributed by atoms with van der Waals surface area (Å²) in [7, 11) is 0. The number of nitrogens with zero attached hydrogens (tertiary/aromatic N) is 3. The van der Waals surface area contributed by atoms with Crippen molar-refractivity contribution in [2.75, 3.05) is 6.54 Å². The molecule has 3 fully saturated rings. The van der Waals surface area contributed by atoms with Crippen LogP contribution in [-0.2, 0) is 10.2 Å². The Bertz CT molecular complexity index is 1130. The molecule has 5 heteroatoms. The topological polar surface area (TPSA) is 58.4 Å². The first-order chi connectivity index (χ1) is 15.1. The second kappa shape index (κ2) is 6.92. The van der Waals surface area contributed by atoms with Crippen molar-refractivity contribution in [1.82, 2.24) is 14.5 Å². The van der Waals surface area contributed by atoms with Crippen LogP contribution in [0.3, 0.4) is 0 Å². The number of aliphatic carboxylic acids is 1. The van der Waals surface area contributed by atoms with Crippen molar-refractivity contribution in [3.05, 3.63) is 66.0 Å². The molecule has 2 aliphatic heterocycles. The average Bonchev–Trinajstić information content (AvgIpc) is 3.34. The first-order valence-corrected chi connectivity index (χ1v) is 11.6. The van der Waals surface area contributed by atoms with E-state index in [-0.39, 0.29) is 5.92 Å². The molecular weight excluding hydrogens is 386 g/mol. The molecule has 2 bridgehead atoms. The highest BCUT2D eigenvalue weighted by molar-refractivity contribution is 5.86. The summed E-state index contributed by atoms with van der Waals surface area (Å²) in [5.74, 6) is 0.657. The molecule has 3 heterocycles. The number of aromatic nitrogens is 2. The van der Waals surface area contributed by atoms with Gasteiger partial charge in [0.2, 0.25) is 0 Å².